The summed E-state index contributed by atoms with van der Waals surface area (Å²) in [5, 5.41) is 10.2. The monoisotopic (exact) mass is 238 g/mol. The predicted octanol–water partition coefficient (Wildman–Crippen LogP) is 4.07. The summed E-state index contributed by atoms with van der Waals surface area (Å²) in [6.45, 7) is 2.02. The number of aliphatic hydroxyl groups is 1. The zero-order chi connectivity index (χ0) is 12.8. The summed E-state index contributed by atoms with van der Waals surface area (Å²) < 4.78 is 0. The molecule has 1 nitrogen and oxygen atoms in total. The summed E-state index contributed by atoms with van der Waals surface area (Å²) in [6.07, 6.45) is 3.65. The number of benzene rings is 2. The summed E-state index contributed by atoms with van der Waals surface area (Å²) >= 11 is 0. The highest BCUT2D eigenvalue weighted by molar-refractivity contribution is 5.49. The number of hydrogen-bond donors (Lipinski definition) is 1. The van der Waals surface area contributed by atoms with Gasteiger partial charge in [-0.1, -0.05) is 79.7 Å². The van der Waals surface area contributed by atoms with Crippen LogP contribution in [0, 0.1) is 5.92 Å². The first kappa shape index (κ1) is 12.6. The van der Waals surface area contributed by atoms with Gasteiger partial charge in [0.25, 0.3) is 0 Å². The molecule has 2 rings (SSSR count). The van der Waals surface area contributed by atoms with E-state index < -0.39 is 6.10 Å². The third-order valence-corrected chi connectivity index (χ3v) is 3.03. The summed E-state index contributed by atoms with van der Waals surface area (Å²) in [5.41, 5.74) is 2.12. The minimum Gasteiger partial charge on any atom is -0.388 e. The van der Waals surface area contributed by atoms with Crippen LogP contribution in [0.1, 0.15) is 24.2 Å². The standard InChI is InChI=1S/C17H18O/c1-14(12-13-15-8-4-2-5-9-15)17(18)16-10-6-3-7-11-16/h2-14,17-18H,1H3/b13-12+/t14-,17+/m1/s1. The molecule has 1 N–H and O–H groups in total. The molecule has 2 aromatic rings. The van der Waals surface area contributed by atoms with Crippen molar-refractivity contribution in [3.05, 3.63) is 77.9 Å². The van der Waals surface area contributed by atoms with Crippen LogP contribution in [0.5, 0.6) is 0 Å². The molecule has 0 saturated carbocycles. The van der Waals surface area contributed by atoms with Crippen molar-refractivity contribution in [3.63, 3.8) is 0 Å². The van der Waals surface area contributed by atoms with Gasteiger partial charge in [0.15, 0.2) is 0 Å². The Bertz CT molecular complexity index is 488. The molecule has 1 heteroatoms. The van der Waals surface area contributed by atoms with Gasteiger partial charge in [-0.3, -0.25) is 0 Å². The Morgan fingerprint density at radius 2 is 1.44 bits per heavy atom. The second-order valence-corrected chi connectivity index (χ2v) is 4.48. The first-order valence-electron chi connectivity index (χ1n) is 6.23. The Kier molecular flexibility index (Phi) is 4.32. The lowest BCUT2D eigenvalue weighted by molar-refractivity contribution is 0.140. The van der Waals surface area contributed by atoms with Crippen molar-refractivity contribution in [3.8, 4) is 0 Å². The normalized spacial score (nSPS) is 14.6. The number of aliphatic hydroxyl groups excluding tert-OH is 1. The maximum Gasteiger partial charge on any atom is 0.0850 e. The van der Waals surface area contributed by atoms with Crippen LogP contribution in [0.2, 0.25) is 0 Å². The van der Waals surface area contributed by atoms with Gasteiger partial charge in [0.05, 0.1) is 6.10 Å². The molecule has 0 unspecified atom stereocenters. The lowest BCUT2D eigenvalue weighted by Crippen LogP contribution is -2.06. The molecule has 0 fully saturated rings. The number of rotatable bonds is 4. The van der Waals surface area contributed by atoms with Gasteiger partial charge in [-0.2, -0.15) is 0 Å². The topological polar surface area (TPSA) is 20.2 Å². The van der Waals surface area contributed by atoms with Crippen molar-refractivity contribution < 1.29 is 5.11 Å². The van der Waals surface area contributed by atoms with Crippen molar-refractivity contribution in [2.45, 2.75) is 13.0 Å². The molecule has 0 spiro atoms. The molecule has 92 valence electrons. The third-order valence-electron chi connectivity index (χ3n) is 3.03. The lowest BCUT2D eigenvalue weighted by atomic mass is 9.96. The molecule has 18 heavy (non-hydrogen) atoms. The average molecular weight is 238 g/mol. The van der Waals surface area contributed by atoms with Crippen LogP contribution in [-0.2, 0) is 0 Å². The van der Waals surface area contributed by atoms with E-state index in [1.807, 2.05) is 61.5 Å². The second kappa shape index (κ2) is 6.18. The van der Waals surface area contributed by atoms with Crippen LogP contribution in [0.3, 0.4) is 0 Å². The molecule has 0 heterocycles. The highest BCUT2D eigenvalue weighted by Crippen LogP contribution is 2.23. The van der Waals surface area contributed by atoms with Crippen molar-refractivity contribution in [1.82, 2.24) is 0 Å². The van der Waals surface area contributed by atoms with E-state index in [-0.39, 0.29) is 5.92 Å². The van der Waals surface area contributed by atoms with Gasteiger partial charge >= 0.3 is 0 Å². The Labute approximate surface area is 108 Å². The van der Waals surface area contributed by atoms with E-state index in [4.69, 9.17) is 0 Å². The van der Waals surface area contributed by atoms with E-state index in [0.717, 1.165) is 11.1 Å². The fourth-order valence-corrected chi connectivity index (χ4v) is 1.89. The lowest BCUT2D eigenvalue weighted by Gasteiger charge is -2.15. The molecule has 0 aliphatic rings. The van der Waals surface area contributed by atoms with Gasteiger partial charge in [0, 0.05) is 5.92 Å². The summed E-state index contributed by atoms with van der Waals surface area (Å²) in [6, 6.07) is 19.9. The fourth-order valence-electron chi connectivity index (χ4n) is 1.89. The largest absolute Gasteiger partial charge is 0.388 e. The molecule has 0 aromatic heterocycles. The van der Waals surface area contributed by atoms with Crippen molar-refractivity contribution in [2.24, 2.45) is 5.92 Å². The van der Waals surface area contributed by atoms with Crippen LogP contribution < -0.4 is 0 Å². The molecule has 0 bridgehead atoms. The average Bonchev–Trinajstić information content (AvgIpc) is 2.46. The second-order valence-electron chi connectivity index (χ2n) is 4.48. The van der Waals surface area contributed by atoms with Crippen LogP contribution >= 0.6 is 0 Å². The molecule has 0 radical (unpaired) electrons. The van der Waals surface area contributed by atoms with Gasteiger partial charge < -0.3 is 5.11 Å². The van der Waals surface area contributed by atoms with Crippen LogP contribution in [0.4, 0.5) is 0 Å². The smallest absolute Gasteiger partial charge is 0.0850 e. The van der Waals surface area contributed by atoms with E-state index >= 15 is 0 Å². The summed E-state index contributed by atoms with van der Waals surface area (Å²) in [7, 11) is 0. The van der Waals surface area contributed by atoms with E-state index in [1.54, 1.807) is 0 Å². The summed E-state index contributed by atoms with van der Waals surface area (Å²) in [5.74, 6) is 0.0904. The highest BCUT2D eigenvalue weighted by atomic mass is 16.3. The Balaban J connectivity index is 2.04. The molecule has 0 aliphatic heterocycles. The van der Waals surface area contributed by atoms with Crippen LogP contribution in [0.25, 0.3) is 6.08 Å². The van der Waals surface area contributed by atoms with Gasteiger partial charge in [0.2, 0.25) is 0 Å². The molecule has 0 amide bonds. The van der Waals surface area contributed by atoms with E-state index in [2.05, 4.69) is 18.2 Å². The van der Waals surface area contributed by atoms with Crippen LogP contribution in [-0.4, -0.2) is 5.11 Å². The zero-order valence-electron chi connectivity index (χ0n) is 10.5. The Morgan fingerprint density at radius 1 is 0.889 bits per heavy atom. The van der Waals surface area contributed by atoms with Gasteiger partial charge in [-0.15, -0.1) is 0 Å². The Morgan fingerprint density at radius 3 is 2.06 bits per heavy atom. The van der Waals surface area contributed by atoms with Gasteiger partial charge in [-0.05, 0) is 11.1 Å². The van der Waals surface area contributed by atoms with Crippen LogP contribution in [0.15, 0.2) is 66.7 Å². The number of hydrogen-bond acceptors (Lipinski definition) is 1. The summed E-state index contributed by atoms with van der Waals surface area (Å²) in [4.78, 5) is 0. The third kappa shape index (κ3) is 3.31. The SMILES string of the molecule is C[C@H](/C=C/c1ccccc1)[C@H](O)c1ccccc1. The maximum absolute atomic E-state index is 10.2. The minimum absolute atomic E-state index is 0.0904. The van der Waals surface area contributed by atoms with Crippen molar-refractivity contribution in [1.29, 1.82) is 0 Å². The molecular weight excluding hydrogens is 220 g/mol. The zero-order valence-corrected chi connectivity index (χ0v) is 10.5. The molecule has 0 aliphatic carbocycles. The minimum atomic E-state index is -0.453. The molecule has 2 atom stereocenters. The molecule has 2 aromatic carbocycles. The fraction of sp³-hybridized carbons (Fsp3) is 0.176. The molecule has 0 saturated heterocycles. The Hall–Kier alpha value is -1.86. The highest BCUT2D eigenvalue weighted by Gasteiger charge is 2.12. The van der Waals surface area contributed by atoms with Gasteiger partial charge in [-0.25, -0.2) is 0 Å². The predicted molar refractivity (Wildman–Crippen MR) is 76.0 cm³/mol. The van der Waals surface area contributed by atoms with E-state index in [1.165, 1.54) is 0 Å². The van der Waals surface area contributed by atoms with Gasteiger partial charge in [0.1, 0.15) is 0 Å². The van der Waals surface area contributed by atoms with E-state index in [0.29, 0.717) is 0 Å². The molecular formula is C17H18O. The van der Waals surface area contributed by atoms with E-state index in [9.17, 15) is 5.11 Å². The first-order chi connectivity index (χ1) is 8.77. The first-order valence-corrected chi connectivity index (χ1v) is 6.23. The van der Waals surface area contributed by atoms with Crippen molar-refractivity contribution in [2.75, 3.05) is 0 Å². The quantitative estimate of drug-likeness (QED) is 0.851. The maximum atomic E-state index is 10.2. The van der Waals surface area contributed by atoms with Crippen molar-refractivity contribution >= 4 is 6.08 Å².